The monoisotopic (exact) mass is 297 g/mol. The van der Waals surface area contributed by atoms with E-state index in [1.165, 1.54) is 24.3 Å². The molecular formula is C13H19N3O3S. The van der Waals surface area contributed by atoms with Crippen molar-refractivity contribution in [3.8, 4) is 0 Å². The van der Waals surface area contributed by atoms with Gasteiger partial charge in [-0.05, 0) is 50.5 Å². The average molecular weight is 297 g/mol. The Balaban J connectivity index is 2.04. The number of urea groups is 1. The molecule has 1 saturated heterocycles. The second-order valence-corrected chi connectivity index (χ2v) is 6.60. The van der Waals surface area contributed by atoms with Gasteiger partial charge in [-0.1, -0.05) is 0 Å². The number of rotatable bonds is 2. The highest BCUT2D eigenvalue weighted by Gasteiger charge is 2.23. The lowest BCUT2D eigenvalue weighted by molar-refractivity contribution is 0.170. The number of likely N-dealkylation sites (tertiary alicyclic amines) is 1. The number of sulfonamides is 1. The molecule has 1 fully saturated rings. The molecule has 0 spiro atoms. The van der Waals surface area contributed by atoms with E-state index in [0.717, 1.165) is 25.8 Å². The molecule has 20 heavy (non-hydrogen) atoms. The first-order valence-electron chi connectivity index (χ1n) is 6.58. The van der Waals surface area contributed by atoms with Crippen LogP contribution in [0, 0.1) is 0 Å². The topological polar surface area (TPSA) is 92.5 Å². The number of amides is 2. The van der Waals surface area contributed by atoms with Gasteiger partial charge in [0.2, 0.25) is 10.0 Å². The maximum Gasteiger partial charge on any atom is 0.322 e. The predicted octanol–water partition coefficient (Wildman–Crippen LogP) is 1.74. The summed E-state index contributed by atoms with van der Waals surface area (Å²) in [6, 6.07) is 5.90. The first-order valence-corrected chi connectivity index (χ1v) is 8.13. The largest absolute Gasteiger partial charge is 0.322 e. The van der Waals surface area contributed by atoms with Crippen LogP contribution in [0.5, 0.6) is 0 Å². The van der Waals surface area contributed by atoms with Crippen molar-refractivity contribution in [1.29, 1.82) is 0 Å². The summed E-state index contributed by atoms with van der Waals surface area (Å²) >= 11 is 0. The van der Waals surface area contributed by atoms with Gasteiger partial charge in [0.25, 0.3) is 0 Å². The summed E-state index contributed by atoms with van der Waals surface area (Å²) in [5.74, 6) is 0. The van der Waals surface area contributed by atoms with E-state index < -0.39 is 10.0 Å². The van der Waals surface area contributed by atoms with Gasteiger partial charge in [0.15, 0.2) is 0 Å². The minimum atomic E-state index is -3.70. The van der Waals surface area contributed by atoms with Crippen molar-refractivity contribution < 1.29 is 13.2 Å². The fourth-order valence-electron chi connectivity index (χ4n) is 2.32. The van der Waals surface area contributed by atoms with E-state index in [4.69, 9.17) is 5.14 Å². The molecule has 0 saturated carbocycles. The first-order chi connectivity index (χ1) is 9.38. The van der Waals surface area contributed by atoms with Crippen molar-refractivity contribution in [1.82, 2.24) is 4.90 Å². The number of nitrogens with one attached hydrogen (secondary N) is 1. The van der Waals surface area contributed by atoms with Crippen LogP contribution < -0.4 is 10.5 Å². The summed E-state index contributed by atoms with van der Waals surface area (Å²) in [7, 11) is -3.70. The normalized spacial score (nSPS) is 19.7. The van der Waals surface area contributed by atoms with Gasteiger partial charge in [-0.2, -0.15) is 0 Å². The van der Waals surface area contributed by atoms with Gasteiger partial charge >= 0.3 is 6.03 Å². The molecule has 1 aromatic rings. The third-order valence-electron chi connectivity index (χ3n) is 3.50. The smallest absolute Gasteiger partial charge is 0.322 e. The zero-order valence-electron chi connectivity index (χ0n) is 11.4. The maximum absolute atomic E-state index is 12.1. The Kier molecular flexibility index (Phi) is 4.29. The highest BCUT2D eigenvalue weighted by atomic mass is 32.2. The molecule has 1 heterocycles. The Morgan fingerprint density at radius 2 is 1.95 bits per heavy atom. The average Bonchev–Trinajstić information content (AvgIpc) is 2.38. The Hall–Kier alpha value is -1.60. The van der Waals surface area contributed by atoms with E-state index in [2.05, 4.69) is 5.32 Å². The van der Waals surface area contributed by atoms with E-state index in [1.54, 1.807) is 4.90 Å². The van der Waals surface area contributed by atoms with Crippen molar-refractivity contribution >= 4 is 21.7 Å². The second kappa shape index (κ2) is 5.80. The minimum absolute atomic E-state index is 0.0295. The van der Waals surface area contributed by atoms with Gasteiger partial charge in [-0.15, -0.1) is 0 Å². The van der Waals surface area contributed by atoms with Crippen molar-refractivity contribution in [3.63, 3.8) is 0 Å². The van der Waals surface area contributed by atoms with Gasteiger partial charge in [0.05, 0.1) is 4.90 Å². The van der Waals surface area contributed by atoms with Crippen molar-refractivity contribution in [2.75, 3.05) is 11.9 Å². The number of nitrogens with two attached hydrogens (primary N) is 1. The van der Waals surface area contributed by atoms with Crippen LogP contribution in [0.1, 0.15) is 26.2 Å². The summed E-state index contributed by atoms with van der Waals surface area (Å²) in [6.07, 6.45) is 3.17. The predicted molar refractivity (Wildman–Crippen MR) is 76.9 cm³/mol. The lowest BCUT2D eigenvalue weighted by atomic mass is 10.0. The molecule has 7 heteroatoms. The van der Waals surface area contributed by atoms with Gasteiger partial charge in [-0.25, -0.2) is 18.4 Å². The van der Waals surface area contributed by atoms with E-state index in [1.807, 2.05) is 6.92 Å². The number of carbonyl (C=O) groups is 1. The van der Waals surface area contributed by atoms with Crippen LogP contribution in [-0.2, 0) is 10.0 Å². The van der Waals surface area contributed by atoms with Gasteiger partial charge in [0.1, 0.15) is 0 Å². The Morgan fingerprint density at radius 1 is 1.30 bits per heavy atom. The van der Waals surface area contributed by atoms with Crippen LogP contribution >= 0.6 is 0 Å². The highest BCUT2D eigenvalue weighted by Crippen LogP contribution is 2.18. The van der Waals surface area contributed by atoms with Gasteiger partial charge in [0, 0.05) is 18.3 Å². The lowest BCUT2D eigenvalue weighted by Gasteiger charge is -2.33. The molecule has 110 valence electrons. The Bertz CT molecular complexity index is 583. The van der Waals surface area contributed by atoms with E-state index >= 15 is 0 Å². The zero-order valence-corrected chi connectivity index (χ0v) is 12.2. The molecule has 1 aromatic carbocycles. The lowest BCUT2D eigenvalue weighted by Crippen LogP contribution is -2.44. The standard InChI is InChI=1S/C13H19N3O3S/c1-10-4-2-3-9-16(10)13(17)15-11-5-7-12(8-6-11)20(14,18)19/h5-8,10H,2-4,9H2,1H3,(H,15,17)(H2,14,18,19). The molecule has 2 rings (SSSR count). The van der Waals surface area contributed by atoms with Crippen molar-refractivity contribution in [2.45, 2.75) is 37.1 Å². The van der Waals surface area contributed by atoms with Crippen molar-refractivity contribution in [3.05, 3.63) is 24.3 Å². The van der Waals surface area contributed by atoms with Crippen LogP contribution in [0.2, 0.25) is 0 Å². The summed E-state index contributed by atoms with van der Waals surface area (Å²) in [6.45, 7) is 2.78. The second-order valence-electron chi connectivity index (χ2n) is 5.04. The molecule has 1 unspecified atom stereocenters. The molecule has 0 aliphatic carbocycles. The fraction of sp³-hybridized carbons (Fsp3) is 0.462. The number of piperidine rings is 1. The van der Waals surface area contributed by atoms with Gasteiger partial charge < -0.3 is 10.2 Å². The third kappa shape index (κ3) is 3.49. The maximum atomic E-state index is 12.1. The molecule has 0 radical (unpaired) electrons. The molecule has 0 bridgehead atoms. The fourth-order valence-corrected chi connectivity index (χ4v) is 2.84. The number of anilines is 1. The molecular weight excluding hydrogens is 278 g/mol. The number of nitrogens with zero attached hydrogens (tertiary/aromatic N) is 1. The van der Waals surface area contributed by atoms with E-state index in [9.17, 15) is 13.2 Å². The molecule has 0 aromatic heterocycles. The number of primary sulfonamides is 1. The van der Waals surface area contributed by atoms with Crippen LogP contribution in [0.3, 0.4) is 0 Å². The summed E-state index contributed by atoms with van der Waals surface area (Å²) in [5.41, 5.74) is 0.556. The van der Waals surface area contributed by atoms with Crippen molar-refractivity contribution in [2.24, 2.45) is 5.14 Å². The van der Waals surface area contributed by atoms with Crippen LogP contribution in [0.25, 0.3) is 0 Å². The summed E-state index contributed by atoms with van der Waals surface area (Å²) in [4.78, 5) is 14.0. The molecule has 2 amide bonds. The Labute approximate surface area is 119 Å². The molecule has 3 N–H and O–H groups in total. The minimum Gasteiger partial charge on any atom is -0.322 e. The number of carbonyl (C=O) groups excluding carboxylic acids is 1. The third-order valence-corrected chi connectivity index (χ3v) is 4.43. The van der Waals surface area contributed by atoms with Gasteiger partial charge in [-0.3, -0.25) is 0 Å². The molecule has 1 aliphatic heterocycles. The van der Waals surface area contributed by atoms with Crippen LogP contribution in [0.15, 0.2) is 29.2 Å². The van der Waals surface area contributed by atoms with Crippen LogP contribution in [0.4, 0.5) is 10.5 Å². The summed E-state index contributed by atoms with van der Waals surface area (Å²) < 4.78 is 22.3. The van der Waals surface area contributed by atoms with Crippen LogP contribution in [-0.4, -0.2) is 31.9 Å². The number of benzene rings is 1. The van der Waals surface area contributed by atoms with E-state index in [-0.39, 0.29) is 17.0 Å². The first kappa shape index (κ1) is 14.8. The number of hydrogen-bond acceptors (Lipinski definition) is 3. The molecule has 6 nitrogen and oxygen atoms in total. The number of hydrogen-bond donors (Lipinski definition) is 2. The summed E-state index contributed by atoms with van der Waals surface area (Å²) in [5, 5.41) is 7.79. The molecule has 1 atom stereocenters. The zero-order chi connectivity index (χ0) is 14.8. The Morgan fingerprint density at radius 3 is 2.50 bits per heavy atom. The SMILES string of the molecule is CC1CCCCN1C(=O)Nc1ccc(S(N)(=O)=O)cc1. The van der Waals surface area contributed by atoms with E-state index in [0.29, 0.717) is 5.69 Å². The quantitative estimate of drug-likeness (QED) is 0.870. The molecule has 1 aliphatic rings. The highest BCUT2D eigenvalue weighted by molar-refractivity contribution is 7.89.